The van der Waals surface area contributed by atoms with Crippen molar-refractivity contribution in [2.75, 3.05) is 0 Å². The summed E-state index contributed by atoms with van der Waals surface area (Å²) in [7, 11) is 0. The van der Waals surface area contributed by atoms with Crippen molar-refractivity contribution in [2.24, 2.45) is 29.1 Å². The van der Waals surface area contributed by atoms with Crippen LogP contribution in [0.5, 0.6) is 0 Å². The monoisotopic (exact) mass is 266 g/mol. The van der Waals surface area contributed by atoms with Crippen LogP contribution in [0.2, 0.25) is 0 Å². The molecule has 1 heteroatoms. The predicted molar refractivity (Wildman–Crippen MR) is 82.0 cm³/mol. The zero-order valence-corrected chi connectivity index (χ0v) is 13.5. The molecule has 0 saturated heterocycles. The lowest BCUT2D eigenvalue weighted by Gasteiger charge is -2.45. The van der Waals surface area contributed by atoms with Crippen molar-refractivity contribution >= 4 is 0 Å². The van der Waals surface area contributed by atoms with Crippen molar-refractivity contribution in [1.29, 1.82) is 0 Å². The first-order chi connectivity index (χ1) is 8.95. The lowest BCUT2D eigenvalue weighted by molar-refractivity contribution is -0.0278. The van der Waals surface area contributed by atoms with Gasteiger partial charge in [-0.3, -0.25) is 0 Å². The lowest BCUT2D eigenvalue weighted by atomic mass is 9.61. The van der Waals surface area contributed by atoms with Gasteiger partial charge in [-0.1, -0.05) is 53.4 Å². The van der Waals surface area contributed by atoms with Crippen LogP contribution in [0.25, 0.3) is 0 Å². The van der Waals surface area contributed by atoms with E-state index in [4.69, 9.17) is 0 Å². The Bertz CT molecular complexity index is 285. The zero-order chi connectivity index (χ0) is 14.0. The molecular formula is C18H34O. The van der Waals surface area contributed by atoms with E-state index in [0.29, 0.717) is 11.3 Å². The number of hydrogen-bond acceptors (Lipinski definition) is 1. The Balaban J connectivity index is 1.93. The standard InChI is InChI=1S/C18H34O/c1-13(2)7-5-8-14(3)15-10-11-16-17(19)9-6-12-18(15,16)4/h13-17,19H,5-12H2,1-4H3/t14-,15-,16?,17+,18-/m1/s1. The molecule has 112 valence electrons. The maximum absolute atomic E-state index is 10.3. The fraction of sp³-hybridized carbons (Fsp3) is 1.00. The molecule has 1 nitrogen and oxygen atoms in total. The number of rotatable bonds is 5. The Kier molecular flexibility index (Phi) is 4.98. The van der Waals surface area contributed by atoms with Crippen molar-refractivity contribution in [1.82, 2.24) is 0 Å². The summed E-state index contributed by atoms with van der Waals surface area (Å²) in [5.41, 5.74) is 0.439. The van der Waals surface area contributed by atoms with E-state index >= 15 is 0 Å². The van der Waals surface area contributed by atoms with Crippen LogP contribution in [0, 0.1) is 29.1 Å². The van der Waals surface area contributed by atoms with E-state index in [1.807, 2.05) is 0 Å². The summed E-state index contributed by atoms with van der Waals surface area (Å²) in [4.78, 5) is 0. The summed E-state index contributed by atoms with van der Waals surface area (Å²) in [6.07, 6.45) is 10.4. The number of aliphatic hydroxyl groups excluding tert-OH is 1. The van der Waals surface area contributed by atoms with Gasteiger partial charge >= 0.3 is 0 Å². The highest BCUT2D eigenvalue weighted by molar-refractivity contribution is 5.01. The second-order valence-corrected chi connectivity index (χ2v) is 8.06. The Morgan fingerprint density at radius 1 is 1.11 bits per heavy atom. The molecule has 2 rings (SSSR count). The van der Waals surface area contributed by atoms with E-state index in [1.54, 1.807) is 0 Å². The minimum absolute atomic E-state index is 0.00776. The van der Waals surface area contributed by atoms with Crippen LogP contribution in [0.4, 0.5) is 0 Å². The SMILES string of the molecule is CC(C)CCC[C@@H](C)[C@H]1CCC2[C@@H](O)CCC[C@@]21C. The quantitative estimate of drug-likeness (QED) is 0.740. The third-order valence-electron chi connectivity index (χ3n) is 6.29. The highest BCUT2D eigenvalue weighted by Gasteiger charge is 2.51. The van der Waals surface area contributed by atoms with Gasteiger partial charge in [0.1, 0.15) is 0 Å². The van der Waals surface area contributed by atoms with Crippen molar-refractivity contribution < 1.29 is 5.11 Å². The molecule has 0 aromatic carbocycles. The maximum Gasteiger partial charge on any atom is 0.0573 e. The molecule has 2 saturated carbocycles. The fourth-order valence-corrected chi connectivity index (χ4v) is 5.17. The van der Waals surface area contributed by atoms with E-state index in [1.165, 1.54) is 44.9 Å². The highest BCUT2D eigenvalue weighted by Crippen LogP contribution is 2.58. The molecule has 2 aliphatic rings. The summed E-state index contributed by atoms with van der Waals surface area (Å²) in [5, 5.41) is 10.3. The lowest BCUT2D eigenvalue weighted by Crippen LogP contribution is -2.41. The van der Waals surface area contributed by atoms with E-state index in [0.717, 1.165) is 24.2 Å². The summed E-state index contributed by atoms with van der Waals surface area (Å²) in [5.74, 6) is 3.15. The zero-order valence-electron chi connectivity index (χ0n) is 13.5. The van der Waals surface area contributed by atoms with Gasteiger partial charge in [0.05, 0.1) is 6.10 Å². The van der Waals surface area contributed by atoms with Crippen LogP contribution < -0.4 is 0 Å². The molecule has 0 aromatic rings. The molecule has 5 atom stereocenters. The van der Waals surface area contributed by atoms with Gasteiger partial charge in [0.25, 0.3) is 0 Å². The average molecular weight is 266 g/mol. The molecule has 0 spiro atoms. The Morgan fingerprint density at radius 3 is 2.53 bits per heavy atom. The highest BCUT2D eigenvalue weighted by atomic mass is 16.3. The summed E-state index contributed by atoms with van der Waals surface area (Å²) >= 11 is 0. The average Bonchev–Trinajstić information content (AvgIpc) is 2.67. The molecule has 0 amide bonds. The molecular weight excluding hydrogens is 232 g/mol. The number of aliphatic hydroxyl groups is 1. The van der Waals surface area contributed by atoms with E-state index in [2.05, 4.69) is 27.7 Å². The maximum atomic E-state index is 10.3. The van der Waals surface area contributed by atoms with Gasteiger partial charge in [-0.2, -0.15) is 0 Å². The van der Waals surface area contributed by atoms with Crippen LogP contribution in [0.1, 0.15) is 79.1 Å². The largest absolute Gasteiger partial charge is 0.393 e. The van der Waals surface area contributed by atoms with Crippen LogP contribution >= 0.6 is 0 Å². The molecule has 1 N–H and O–H groups in total. The molecule has 0 bridgehead atoms. The van der Waals surface area contributed by atoms with E-state index in [-0.39, 0.29) is 6.10 Å². The molecule has 2 aliphatic carbocycles. The van der Waals surface area contributed by atoms with E-state index in [9.17, 15) is 5.11 Å². The minimum Gasteiger partial charge on any atom is -0.393 e. The Labute approximate surface area is 120 Å². The van der Waals surface area contributed by atoms with Crippen LogP contribution in [-0.4, -0.2) is 11.2 Å². The van der Waals surface area contributed by atoms with Gasteiger partial charge in [0, 0.05) is 0 Å². The first-order valence-electron chi connectivity index (χ1n) is 8.63. The minimum atomic E-state index is -0.00776. The van der Waals surface area contributed by atoms with Crippen molar-refractivity contribution in [3.63, 3.8) is 0 Å². The smallest absolute Gasteiger partial charge is 0.0573 e. The molecule has 0 aliphatic heterocycles. The van der Waals surface area contributed by atoms with Crippen molar-refractivity contribution in [3.05, 3.63) is 0 Å². The fourth-order valence-electron chi connectivity index (χ4n) is 5.17. The van der Waals surface area contributed by atoms with Gasteiger partial charge in [0.15, 0.2) is 0 Å². The molecule has 2 fully saturated rings. The number of fused-ring (bicyclic) bond motifs is 1. The van der Waals surface area contributed by atoms with E-state index < -0.39 is 0 Å². The van der Waals surface area contributed by atoms with Crippen LogP contribution in [0.3, 0.4) is 0 Å². The Morgan fingerprint density at radius 2 is 1.84 bits per heavy atom. The van der Waals surface area contributed by atoms with Gasteiger partial charge in [-0.05, 0) is 54.8 Å². The third-order valence-corrected chi connectivity index (χ3v) is 6.29. The topological polar surface area (TPSA) is 20.2 Å². The molecule has 19 heavy (non-hydrogen) atoms. The van der Waals surface area contributed by atoms with Gasteiger partial charge in [-0.25, -0.2) is 0 Å². The second kappa shape index (κ2) is 6.16. The summed E-state index contributed by atoms with van der Waals surface area (Å²) < 4.78 is 0. The van der Waals surface area contributed by atoms with Gasteiger partial charge in [-0.15, -0.1) is 0 Å². The first kappa shape index (κ1) is 15.4. The van der Waals surface area contributed by atoms with Gasteiger partial charge in [0.2, 0.25) is 0 Å². The summed E-state index contributed by atoms with van der Waals surface area (Å²) in [6, 6.07) is 0. The van der Waals surface area contributed by atoms with Gasteiger partial charge < -0.3 is 5.11 Å². The molecule has 0 radical (unpaired) electrons. The predicted octanol–water partition coefficient (Wildman–Crippen LogP) is 5.03. The molecule has 1 unspecified atom stereocenters. The van der Waals surface area contributed by atoms with Crippen LogP contribution in [-0.2, 0) is 0 Å². The first-order valence-corrected chi connectivity index (χ1v) is 8.63. The second-order valence-electron chi connectivity index (χ2n) is 8.06. The summed E-state index contributed by atoms with van der Waals surface area (Å²) in [6.45, 7) is 9.61. The van der Waals surface area contributed by atoms with Crippen LogP contribution in [0.15, 0.2) is 0 Å². The third kappa shape index (κ3) is 3.17. The number of hydrogen-bond donors (Lipinski definition) is 1. The Hall–Kier alpha value is -0.0400. The van der Waals surface area contributed by atoms with Crippen molar-refractivity contribution in [2.45, 2.75) is 85.2 Å². The molecule has 0 heterocycles. The van der Waals surface area contributed by atoms with Crippen molar-refractivity contribution in [3.8, 4) is 0 Å². The normalized spacial score (nSPS) is 40.4. The molecule has 0 aromatic heterocycles.